The van der Waals surface area contributed by atoms with E-state index in [0.717, 1.165) is 19.4 Å². The van der Waals surface area contributed by atoms with Crippen molar-refractivity contribution in [1.29, 1.82) is 0 Å². The number of anilines is 1. The largest absolute Gasteiger partial charge is 0.489 e. The SMILES string of the molecule is Cc1cc(CCC(=O)Nc2cc(F)ccc2OCC2CCCO2)no1. The van der Waals surface area contributed by atoms with Gasteiger partial charge in [0.05, 0.1) is 17.5 Å². The topological polar surface area (TPSA) is 73.6 Å². The Labute approximate surface area is 145 Å². The highest BCUT2D eigenvalue weighted by molar-refractivity contribution is 5.92. The lowest BCUT2D eigenvalue weighted by molar-refractivity contribution is -0.116. The van der Waals surface area contributed by atoms with E-state index in [1.54, 1.807) is 13.0 Å². The van der Waals surface area contributed by atoms with E-state index < -0.39 is 5.82 Å². The predicted octanol–water partition coefficient (Wildman–Crippen LogP) is 3.25. The molecule has 3 rings (SSSR count). The van der Waals surface area contributed by atoms with Gasteiger partial charge in [0.1, 0.15) is 23.9 Å². The molecular weight excluding hydrogens is 327 g/mol. The Morgan fingerprint density at radius 1 is 1.44 bits per heavy atom. The minimum atomic E-state index is -0.438. The number of aromatic nitrogens is 1. The van der Waals surface area contributed by atoms with E-state index in [0.29, 0.717) is 35.9 Å². The predicted molar refractivity (Wildman–Crippen MR) is 89.1 cm³/mol. The van der Waals surface area contributed by atoms with Gasteiger partial charge in [-0.1, -0.05) is 5.16 Å². The lowest BCUT2D eigenvalue weighted by atomic mass is 10.2. The van der Waals surface area contributed by atoms with Crippen molar-refractivity contribution in [2.45, 2.75) is 38.7 Å². The molecule has 0 aliphatic carbocycles. The number of amides is 1. The first-order chi connectivity index (χ1) is 12.1. The number of carbonyl (C=O) groups is 1. The van der Waals surface area contributed by atoms with Crippen molar-refractivity contribution in [3.63, 3.8) is 0 Å². The van der Waals surface area contributed by atoms with Crippen LogP contribution in [0.2, 0.25) is 0 Å². The summed E-state index contributed by atoms with van der Waals surface area (Å²) in [5, 5.41) is 6.55. The third-order valence-electron chi connectivity index (χ3n) is 3.95. The number of hydrogen-bond donors (Lipinski definition) is 1. The zero-order chi connectivity index (χ0) is 17.6. The molecule has 0 saturated carbocycles. The van der Waals surface area contributed by atoms with Crippen LogP contribution in [0.15, 0.2) is 28.8 Å². The monoisotopic (exact) mass is 348 g/mol. The van der Waals surface area contributed by atoms with Crippen molar-refractivity contribution >= 4 is 11.6 Å². The van der Waals surface area contributed by atoms with Gasteiger partial charge < -0.3 is 19.3 Å². The summed E-state index contributed by atoms with van der Waals surface area (Å²) < 4.78 is 29.7. The van der Waals surface area contributed by atoms with Gasteiger partial charge >= 0.3 is 0 Å². The molecule has 1 aromatic heterocycles. The van der Waals surface area contributed by atoms with Gasteiger partial charge in [-0.2, -0.15) is 0 Å². The van der Waals surface area contributed by atoms with Crippen molar-refractivity contribution in [3.8, 4) is 5.75 Å². The molecule has 1 unspecified atom stereocenters. The Hall–Kier alpha value is -2.41. The highest BCUT2D eigenvalue weighted by atomic mass is 19.1. The number of ether oxygens (including phenoxy) is 2. The van der Waals surface area contributed by atoms with E-state index in [-0.39, 0.29) is 18.4 Å². The van der Waals surface area contributed by atoms with Gasteiger partial charge in [-0.15, -0.1) is 0 Å². The summed E-state index contributed by atoms with van der Waals surface area (Å²) in [6, 6.07) is 5.86. The quantitative estimate of drug-likeness (QED) is 0.831. The first kappa shape index (κ1) is 17.4. The summed E-state index contributed by atoms with van der Waals surface area (Å²) in [6.45, 7) is 2.91. The number of carbonyl (C=O) groups excluding carboxylic acids is 1. The molecule has 134 valence electrons. The van der Waals surface area contributed by atoms with Gasteiger partial charge in [-0.3, -0.25) is 4.79 Å². The van der Waals surface area contributed by atoms with Crippen LogP contribution in [0.4, 0.5) is 10.1 Å². The van der Waals surface area contributed by atoms with E-state index in [2.05, 4.69) is 10.5 Å². The minimum Gasteiger partial charge on any atom is -0.489 e. The molecule has 1 N–H and O–H groups in total. The van der Waals surface area contributed by atoms with Gasteiger partial charge in [0.2, 0.25) is 5.91 Å². The molecule has 7 heteroatoms. The second-order valence-corrected chi connectivity index (χ2v) is 6.06. The molecule has 0 spiro atoms. The van der Waals surface area contributed by atoms with E-state index in [1.807, 2.05) is 0 Å². The fourth-order valence-electron chi connectivity index (χ4n) is 2.67. The van der Waals surface area contributed by atoms with Crippen LogP contribution < -0.4 is 10.1 Å². The molecule has 6 nitrogen and oxygen atoms in total. The molecular formula is C18H21FN2O4. The van der Waals surface area contributed by atoms with E-state index in [9.17, 15) is 9.18 Å². The number of halogens is 1. The van der Waals surface area contributed by atoms with E-state index in [1.165, 1.54) is 18.2 Å². The van der Waals surface area contributed by atoms with Gasteiger partial charge in [-0.25, -0.2) is 4.39 Å². The molecule has 25 heavy (non-hydrogen) atoms. The Bertz CT molecular complexity index is 726. The summed E-state index contributed by atoms with van der Waals surface area (Å²) in [5.74, 6) is 0.452. The number of nitrogens with one attached hydrogen (secondary N) is 1. The molecule has 1 amide bonds. The second kappa shape index (κ2) is 8.11. The van der Waals surface area contributed by atoms with Crippen LogP contribution in [0.5, 0.6) is 5.75 Å². The van der Waals surface area contributed by atoms with Crippen LogP contribution in [0, 0.1) is 12.7 Å². The van der Waals surface area contributed by atoms with E-state index >= 15 is 0 Å². The lowest BCUT2D eigenvalue weighted by Gasteiger charge is -2.15. The molecule has 0 radical (unpaired) electrons. The molecule has 2 aromatic rings. The fourth-order valence-corrected chi connectivity index (χ4v) is 2.67. The first-order valence-electron chi connectivity index (χ1n) is 8.36. The van der Waals surface area contributed by atoms with E-state index in [4.69, 9.17) is 14.0 Å². The van der Waals surface area contributed by atoms with Gasteiger partial charge in [0.15, 0.2) is 0 Å². The van der Waals surface area contributed by atoms with Crippen molar-refractivity contribution in [2.24, 2.45) is 0 Å². The second-order valence-electron chi connectivity index (χ2n) is 6.06. The first-order valence-corrected chi connectivity index (χ1v) is 8.36. The Morgan fingerprint density at radius 3 is 3.04 bits per heavy atom. The summed E-state index contributed by atoms with van der Waals surface area (Å²) in [5.41, 5.74) is 1.03. The third kappa shape index (κ3) is 5.03. The van der Waals surface area contributed by atoms with Crippen molar-refractivity contribution in [2.75, 3.05) is 18.5 Å². The Morgan fingerprint density at radius 2 is 2.32 bits per heavy atom. The number of rotatable bonds is 7. The van der Waals surface area contributed by atoms with Crippen molar-refractivity contribution in [1.82, 2.24) is 5.16 Å². The summed E-state index contributed by atoms with van der Waals surface area (Å²) in [4.78, 5) is 12.1. The maximum atomic E-state index is 13.5. The van der Waals surface area contributed by atoms with Gasteiger partial charge in [-0.05, 0) is 31.9 Å². The Balaban J connectivity index is 1.57. The number of benzene rings is 1. The van der Waals surface area contributed by atoms with Crippen LogP contribution in [0.1, 0.15) is 30.7 Å². The third-order valence-corrected chi connectivity index (χ3v) is 3.95. The van der Waals surface area contributed by atoms with Crippen LogP contribution in [0.25, 0.3) is 0 Å². The number of hydrogen-bond acceptors (Lipinski definition) is 5. The molecule has 2 heterocycles. The van der Waals surface area contributed by atoms with Crippen LogP contribution >= 0.6 is 0 Å². The van der Waals surface area contributed by atoms with Crippen LogP contribution in [-0.2, 0) is 16.0 Å². The molecule has 1 aromatic carbocycles. The average molecular weight is 348 g/mol. The summed E-state index contributed by atoms with van der Waals surface area (Å²) in [7, 11) is 0. The van der Waals surface area contributed by atoms with Crippen LogP contribution in [-0.4, -0.2) is 30.4 Å². The molecule has 0 bridgehead atoms. The number of aryl methyl sites for hydroxylation is 2. The molecule has 1 atom stereocenters. The van der Waals surface area contributed by atoms with Gasteiger partial charge in [0, 0.05) is 31.6 Å². The maximum Gasteiger partial charge on any atom is 0.224 e. The summed E-state index contributed by atoms with van der Waals surface area (Å²) in [6.07, 6.45) is 2.67. The standard InChI is InChI=1S/C18H21FN2O4/c1-12-9-14(21-25-12)5-7-18(22)20-16-10-13(19)4-6-17(16)24-11-15-3-2-8-23-15/h4,6,9-10,15H,2-3,5,7-8,11H2,1H3,(H,20,22). The normalized spacial score (nSPS) is 16.8. The highest BCUT2D eigenvalue weighted by Crippen LogP contribution is 2.27. The van der Waals surface area contributed by atoms with Gasteiger partial charge in [0.25, 0.3) is 0 Å². The molecule has 1 saturated heterocycles. The fraction of sp³-hybridized carbons (Fsp3) is 0.444. The molecule has 1 aliphatic heterocycles. The Kier molecular flexibility index (Phi) is 5.65. The minimum absolute atomic E-state index is 0.0454. The van der Waals surface area contributed by atoms with Crippen molar-refractivity contribution < 1.29 is 23.2 Å². The number of nitrogens with zero attached hydrogens (tertiary/aromatic N) is 1. The highest BCUT2D eigenvalue weighted by Gasteiger charge is 2.17. The molecule has 1 aliphatic rings. The zero-order valence-electron chi connectivity index (χ0n) is 14.1. The zero-order valence-corrected chi connectivity index (χ0v) is 14.1. The lowest BCUT2D eigenvalue weighted by Crippen LogP contribution is -2.18. The average Bonchev–Trinajstić information content (AvgIpc) is 3.24. The van der Waals surface area contributed by atoms with Crippen molar-refractivity contribution in [3.05, 3.63) is 41.5 Å². The smallest absolute Gasteiger partial charge is 0.224 e. The molecule has 1 fully saturated rings. The summed E-state index contributed by atoms with van der Waals surface area (Å²) >= 11 is 0. The maximum absolute atomic E-state index is 13.5. The van der Waals surface area contributed by atoms with Crippen LogP contribution in [0.3, 0.4) is 0 Å².